The van der Waals surface area contributed by atoms with Crippen molar-refractivity contribution in [2.75, 3.05) is 0 Å². The number of hydrogen-bond acceptors (Lipinski definition) is 4. The molecule has 4 nitrogen and oxygen atoms in total. The Balaban J connectivity index is 1.96. The van der Waals surface area contributed by atoms with Gasteiger partial charge in [0, 0.05) is 6.07 Å². The van der Waals surface area contributed by atoms with Crippen molar-refractivity contribution in [3.8, 4) is 17.4 Å². The van der Waals surface area contributed by atoms with Gasteiger partial charge >= 0.3 is 0 Å². The Morgan fingerprint density at radius 3 is 2.63 bits per heavy atom. The van der Waals surface area contributed by atoms with Crippen LogP contribution in [0.2, 0.25) is 0 Å². The van der Waals surface area contributed by atoms with E-state index in [9.17, 15) is 5.11 Å². The predicted molar refractivity (Wildman–Crippen MR) is 72.5 cm³/mol. The maximum absolute atomic E-state index is 9.53. The number of nitrogens with zero attached hydrogens (tertiary/aromatic N) is 2. The zero-order valence-corrected chi connectivity index (χ0v) is 10.4. The lowest BCUT2D eigenvalue weighted by molar-refractivity contribution is 0.445. The molecular weight excluding hydrogens is 240 g/mol. The predicted octanol–water partition coefficient (Wildman–Crippen LogP) is 3.44. The molecule has 0 aliphatic heterocycles. The zero-order valence-electron chi connectivity index (χ0n) is 10.4. The van der Waals surface area contributed by atoms with Crippen LogP contribution in [-0.4, -0.2) is 15.1 Å². The molecular formula is C15H12N2O2. The molecule has 19 heavy (non-hydrogen) atoms. The number of phenolic OH excluding ortho intramolecular Hbond substituents is 1. The maximum Gasteiger partial charge on any atom is 0.238 e. The number of rotatable bonds is 2. The molecule has 0 bridgehead atoms. The Kier molecular flexibility index (Phi) is 2.76. The molecule has 1 N–H and O–H groups in total. The SMILES string of the molecule is Cc1cc(O)cc(Oc2cnc3ccccc3n2)c1. The van der Waals surface area contributed by atoms with Gasteiger partial charge in [-0.15, -0.1) is 0 Å². The summed E-state index contributed by atoms with van der Waals surface area (Å²) in [4.78, 5) is 8.64. The largest absolute Gasteiger partial charge is 0.508 e. The molecule has 94 valence electrons. The molecule has 3 aromatic rings. The van der Waals surface area contributed by atoms with Crippen molar-refractivity contribution < 1.29 is 9.84 Å². The fraction of sp³-hybridized carbons (Fsp3) is 0.0667. The van der Waals surface area contributed by atoms with Crippen LogP contribution in [-0.2, 0) is 0 Å². The van der Waals surface area contributed by atoms with Crippen LogP contribution in [0.1, 0.15) is 5.56 Å². The third-order valence-electron chi connectivity index (χ3n) is 2.68. The minimum atomic E-state index is 0.170. The summed E-state index contributed by atoms with van der Waals surface area (Å²) in [7, 11) is 0. The fourth-order valence-electron chi connectivity index (χ4n) is 1.90. The summed E-state index contributed by atoms with van der Waals surface area (Å²) in [6, 6.07) is 12.6. The minimum absolute atomic E-state index is 0.170. The van der Waals surface area contributed by atoms with Gasteiger partial charge in [-0.25, -0.2) is 9.97 Å². The van der Waals surface area contributed by atoms with E-state index in [0.717, 1.165) is 16.6 Å². The number of hydrogen-bond donors (Lipinski definition) is 1. The van der Waals surface area contributed by atoms with E-state index in [1.807, 2.05) is 37.3 Å². The molecule has 0 unspecified atom stereocenters. The van der Waals surface area contributed by atoms with E-state index in [4.69, 9.17) is 4.74 Å². The summed E-state index contributed by atoms with van der Waals surface area (Å²) in [5.41, 5.74) is 2.52. The average molecular weight is 252 g/mol. The zero-order chi connectivity index (χ0) is 13.2. The van der Waals surface area contributed by atoms with Crippen molar-refractivity contribution in [3.05, 3.63) is 54.2 Å². The molecule has 0 atom stereocenters. The number of benzene rings is 2. The highest BCUT2D eigenvalue weighted by atomic mass is 16.5. The normalized spacial score (nSPS) is 10.6. The van der Waals surface area contributed by atoms with Gasteiger partial charge in [0.05, 0.1) is 17.2 Å². The van der Waals surface area contributed by atoms with E-state index in [0.29, 0.717) is 11.6 Å². The molecule has 0 aliphatic rings. The van der Waals surface area contributed by atoms with Crippen molar-refractivity contribution in [2.45, 2.75) is 6.92 Å². The molecule has 1 aromatic heterocycles. The molecule has 0 aliphatic carbocycles. The third-order valence-corrected chi connectivity index (χ3v) is 2.68. The van der Waals surface area contributed by atoms with Crippen molar-refractivity contribution >= 4 is 11.0 Å². The van der Waals surface area contributed by atoms with E-state index in [2.05, 4.69) is 9.97 Å². The number of phenols is 1. The second kappa shape index (κ2) is 4.57. The number of aryl methyl sites for hydroxylation is 1. The fourth-order valence-corrected chi connectivity index (χ4v) is 1.90. The first-order chi connectivity index (χ1) is 9.20. The van der Waals surface area contributed by atoms with Crippen LogP contribution in [0.4, 0.5) is 0 Å². The van der Waals surface area contributed by atoms with Gasteiger partial charge in [0.1, 0.15) is 11.5 Å². The van der Waals surface area contributed by atoms with Gasteiger partial charge in [0.25, 0.3) is 0 Å². The molecule has 4 heteroatoms. The van der Waals surface area contributed by atoms with E-state index in [1.165, 1.54) is 0 Å². The minimum Gasteiger partial charge on any atom is -0.508 e. The van der Waals surface area contributed by atoms with Crippen LogP contribution in [0.15, 0.2) is 48.7 Å². The molecule has 0 fully saturated rings. The second-order valence-electron chi connectivity index (χ2n) is 4.30. The highest BCUT2D eigenvalue weighted by Gasteiger charge is 2.03. The van der Waals surface area contributed by atoms with Gasteiger partial charge in [0.2, 0.25) is 5.88 Å². The molecule has 1 heterocycles. The third kappa shape index (κ3) is 2.47. The van der Waals surface area contributed by atoms with E-state index >= 15 is 0 Å². The van der Waals surface area contributed by atoms with Crippen LogP contribution < -0.4 is 4.74 Å². The van der Waals surface area contributed by atoms with E-state index in [-0.39, 0.29) is 5.75 Å². The first kappa shape index (κ1) is 11.5. The Hall–Kier alpha value is -2.62. The van der Waals surface area contributed by atoms with Crippen LogP contribution in [0.3, 0.4) is 0 Å². The number of ether oxygens (including phenoxy) is 1. The van der Waals surface area contributed by atoms with Gasteiger partial charge in [-0.1, -0.05) is 12.1 Å². The molecule has 0 saturated heterocycles. The van der Waals surface area contributed by atoms with Crippen LogP contribution in [0, 0.1) is 6.92 Å². The van der Waals surface area contributed by atoms with Crippen molar-refractivity contribution in [1.29, 1.82) is 0 Å². The quantitative estimate of drug-likeness (QED) is 0.759. The van der Waals surface area contributed by atoms with Gasteiger partial charge < -0.3 is 9.84 Å². The molecule has 0 amide bonds. The summed E-state index contributed by atoms with van der Waals surface area (Å²) in [6.45, 7) is 1.89. The summed E-state index contributed by atoms with van der Waals surface area (Å²) in [5, 5.41) is 9.53. The molecule has 2 aromatic carbocycles. The van der Waals surface area contributed by atoms with Gasteiger partial charge in [-0.2, -0.15) is 0 Å². The summed E-state index contributed by atoms with van der Waals surface area (Å²) in [5.74, 6) is 1.12. The average Bonchev–Trinajstić information content (AvgIpc) is 2.37. The van der Waals surface area contributed by atoms with E-state index < -0.39 is 0 Å². The van der Waals surface area contributed by atoms with Crippen molar-refractivity contribution in [1.82, 2.24) is 9.97 Å². The summed E-state index contributed by atoms with van der Waals surface area (Å²) < 4.78 is 5.61. The lowest BCUT2D eigenvalue weighted by Gasteiger charge is -2.06. The molecule has 0 spiro atoms. The standard InChI is InChI=1S/C15H12N2O2/c1-10-6-11(18)8-12(7-10)19-15-9-16-13-4-2-3-5-14(13)17-15/h2-9,18H,1H3. The number of aromatic hydroxyl groups is 1. The number of para-hydroxylation sites is 2. The van der Waals surface area contributed by atoms with Crippen molar-refractivity contribution in [2.24, 2.45) is 0 Å². The monoisotopic (exact) mass is 252 g/mol. The smallest absolute Gasteiger partial charge is 0.238 e. The van der Waals surface area contributed by atoms with Crippen LogP contribution >= 0.6 is 0 Å². The summed E-state index contributed by atoms with van der Waals surface area (Å²) >= 11 is 0. The second-order valence-corrected chi connectivity index (χ2v) is 4.30. The lowest BCUT2D eigenvalue weighted by atomic mass is 10.2. The van der Waals surface area contributed by atoms with Gasteiger partial charge in [-0.05, 0) is 36.8 Å². The first-order valence-corrected chi connectivity index (χ1v) is 5.91. The Labute approximate surface area is 110 Å². The van der Waals surface area contributed by atoms with Gasteiger partial charge in [-0.3, -0.25) is 0 Å². The Morgan fingerprint density at radius 1 is 1.05 bits per heavy atom. The van der Waals surface area contributed by atoms with Gasteiger partial charge in [0.15, 0.2) is 0 Å². The Morgan fingerprint density at radius 2 is 1.84 bits per heavy atom. The van der Waals surface area contributed by atoms with Crippen LogP contribution in [0.25, 0.3) is 11.0 Å². The van der Waals surface area contributed by atoms with Crippen molar-refractivity contribution in [3.63, 3.8) is 0 Å². The summed E-state index contributed by atoms with van der Waals surface area (Å²) in [6.07, 6.45) is 1.57. The maximum atomic E-state index is 9.53. The molecule has 0 radical (unpaired) electrons. The van der Waals surface area contributed by atoms with E-state index in [1.54, 1.807) is 18.3 Å². The molecule has 3 rings (SSSR count). The van der Waals surface area contributed by atoms with Crippen LogP contribution in [0.5, 0.6) is 17.4 Å². The number of aromatic nitrogens is 2. The number of fused-ring (bicyclic) bond motifs is 1. The molecule has 0 saturated carbocycles. The highest BCUT2D eigenvalue weighted by molar-refractivity contribution is 5.74. The first-order valence-electron chi connectivity index (χ1n) is 5.91. The Bertz CT molecular complexity index is 721. The highest BCUT2D eigenvalue weighted by Crippen LogP contribution is 2.25. The topological polar surface area (TPSA) is 55.2 Å². The lowest BCUT2D eigenvalue weighted by Crippen LogP contribution is -1.91.